The molecule has 4 nitrogen and oxygen atoms in total. The summed E-state index contributed by atoms with van der Waals surface area (Å²) in [5.74, 6) is 1.03. The van der Waals surface area contributed by atoms with E-state index in [0.717, 1.165) is 38.2 Å². The SMILES string of the molecule is CCc1cc(CNCCc2ccco2)n(CC)n1. The van der Waals surface area contributed by atoms with Crippen LogP contribution in [0.3, 0.4) is 0 Å². The monoisotopic (exact) mass is 247 g/mol. The van der Waals surface area contributed by atoms with E-state index in [2.05, 4.69) is 35.0 Å². The molecule has 2 rings (SSSR count). The van der Waals surface area contributed by atoms with Gasteiger partial charge in [0.2, 0.25) is 0 Å². The summed E-state index contributed by atoms with van der Waals surface area (Å²) in [4.78, 5) is 0. The highest BCUT2D eigenvalue weighted by atomic mass is 16.3. The third kappa shape index (κ3) is 3.23. The van der Waals surface area contributed by atoms with Crippen LogP contribution in [0, 0.1) is 0 Å². The predicted octanol–water partition coefficient (Wildman–Crippen LogP) is 2.39. The maximum atomic E-state index is 5.29. The predicted molar refractivity (Wildman–Crippen MR) is 71.4 cm³/mol. The van der Waals surface area contributed by atoms with Gasteiger partial charge < -0.3 is 9.73 Å². The summed E-state index contributed by atoms with van der Waals surface area (Å²) in [6.07, 6.45) is 3.63. The molecule has 2 aromatic heterocycles. The van der Waals surface area contributed by atoms with Gasteiger partial charge >= 0.3 is 0 Å². The van der Waals surface area contributed by atoms with Gasteiger partial charge in [-0.3, -0.25) is 4.68 Å². The molecule has 0 fully saturated rings. The van der Waals surface area contributed by atoms with Crippen LogP contribution >= 0.6 is 0 Å². The molecule has 0 aliphatic heterocycles. The molecule has 0 atom stereocenters. The van der Waals surface area contributed by atoms with Crippen molar-refractivity contribution in [3.05, 3.63) is 41.6 Å². The molecule has 2 aromatic rings. The molecule has 0 amide bonds. The lowest BCUT2D eigenvalue weighted by molar-refractivity contribution is 0.495. The van der Waals surface area contributed by atoms with E-state index < -0.39 is 0 Å². The smallest absolute Gasteiger partial charge is 0.105 e. The molecule has 0 saturated heterocycles. The van der Waals surface area contributed by atoms with Crippen molar-refractivity contribution in [3.63, 3.8) is 0 Å². The Hall–Kier alpha value is -1.55. The van der Waals surface area contributed by atoms with Gasteiger partial charge in [0.1, 0.15) is 5.76 Å². The molecule has 98 valence electrons. The molecule has 18 heavy (non-hydrogen) atoms. The van der Waals surface area contributed by atoms with Crippen molar-refractivity contribution in [1.29, 1.82) is 0 Å². The molecule has 1 N–H and O–H groups in total. The van der Waals surface area contributed by atoms with Crippen molar-refractivity contribution >= 4 is 0 Å². The van der Waals surface area contributed by atoms with Crippen LogP contribution in [0.1, 0.15) is 31.0 Å². The second-order valence-corrected chi connectivity index (χ2v) is 4.30. The van der Waals surface area contributed by atoms with E-state index in [-0.39, 0.29) is 0 Å². The number of aromatic nitrogens is 2. The van der Waals surface area contributed by atoms with Gasteiger partial charge in [0.15, 0.2) is 0 Å². The summed E-state index contributed by atoms with van der Waals surface area (Å²) in [7, 11) is 0. The summed E-state index contributed by atoms with van der Waals surface area (Å²) in [5.41, 5.74) is 2.42. The van der Waals surface area contributed by atoms with E-state index in [4.69, 9.17) is 4.42 Å². The fourth-order valence-electron chi connectivity index (χ4n) is 1.99. The van der Waals surface area contributed by atoms with Gasteiger partial charge in [0.05, 0.1) is 17.7 Å². The van der Waals surface area contributed by atoms with Gasteiger partial charge in [-0.05, 0) is 31.5 Å². The third-order valence-electron chi connectivity index (χ3n) is 3.01. The van der Waals surface area contributed by atoms with Crippen LogP contribution in [0.25, 0.3) is 0 Å². The second kappa shape index (κ2) is 6.40. The molecule has 0 bridgehead atoms. The number of hydrogen-bond acceptors (Lipinski definition) is 3. The fourth-order valence-corrected chi connectivity index (χ4v) is 1.99. The molecule has 0 spiro atoms. The Bertz CT molecular complexity index is 459. The summed E-state index contributed by atoms with van der Waals surface area (Å²) in [5, 5.41) is 7.97. The molecular weight excluding hydrogens is 226 g/mol. The van der Waals surface area contributed by atoms with Gasteiger partial charge in [0, 0.05) is 26.1 Å². The first-order chi connectivity index (χ1) is 8.83. The van der Waals surface area contributed by atoms with Gasteiger partial charge in [-0.1, -0.05) is 6.92 Å². The van der Waals surface area contributed by atoms with Gasteiger partial charge in [0.25, 0.3) is 0 Å². The molecule has 0 unspecified atom stereocenters. The highest BCUT2D eigenvalue weighted by Gasteiger charge is 2.05. The molecule has 0 aliphatic rings. The standard InChI is InChI=1S/C14H21N3O/c1-3-12-10-13(17(4-2)16-12)11-15-8-7-14-6-5-9-18-14/h5-6,9-10,15H,3-4,7-8,11H2,1-2H3. The normalized spacial score (nSPS) is 11.0. The van der Waals surface area contributed by atoms with Crippen LogP contribution in [-0.4, -0.2) is 16.3 Å². The van der Waals surface area contributed by atoms with Crippen molar-refractivity contribution in [3.8, 4) is 0 Å². The first kappa shape index (κ1) is 12.9. The van der Waals surface area contributed by atoms with E-state index in [1.54, 1.807) is 6.26 Å². The lowest BCUT2D eigenvalue weighted by atomic mass is 10.3. The number of hydrogen-bond donors (Lipinski definition) is 1. The highest BCUT2D eigenvalue weighted by molar-refractivity contribution is 5.10. The number of rotatable bonds is 7. The molecule has 2 heterocycles. The van der Waals surface area contributed by atoms with Crippen molar-refractivity contribution in [2.24, 2.45) is 0 Å². The number of furan rings is 1. The Morgan fingerprint density at radius 2 is 2.28 bits per heavy atom. The molecule has 0 aliphatic carbocycles. The molecule has 4 heteroatoms. The maximum absolute atomic E-state index is 5.29. The Morgan fingerprint density at radius 3 is 2.94 bits per heavy atom. The Morgan fingerprint density at radius 1 is 1.39 bits per heavy atom. The summed E-state index contributed by atoms with van der Waals surface area (Å²) < 4.78 is 7.36. The average Bonchev–Trinajstić information content (AvgIpc) is 3.03. The zero-order valence-corrected chi connectivity index (χ0v) is 11.1. The van der Waals surface area contributed by atoms with E-state index in [1.807, 2.05) is 12.1 Å². The lowest BCUT2D eigenvalue weighted by Crippen LogP contribution is -2.19. The Labute approximate surface area is 108 Å². The lowest BCUT2D eigenvalue weighted by Gasteiger charge is -2.05. The highest BCUT2D eigenvalue weighted by Crippen LogP contribution is 2.05. The van der Waals surface area contributed by atoms with Crippen molar-refractivity contribution in [2.75, 3.05) is 6.54 Å². The Balaban J connectivity index is 1.80. The molecular formula is C14H21N3O. The molecule has 0 radical (unpaired) electrons. The first-order valence-electron chi connectivity index (χ1n) is 6.62. The quantitative estimate of drug-likeness (QED) is 0.764. The topological polar surface area (TPSA) is 43.0 Å². The van der Waals surface area contributed by atoms with Crippen molar-refractivity contribution < 1.29 is 4.42 Å². The first-order valence-corrected chi connectivity index (χ1v) is 6.62. The zero-order chi connectivity index (χ0) is 12.8. The summed E-state index contributed by atoms with van der Waals surface area (Å²) in [6, 6.07) is 6.12. The summed E-state index contributed by atoms with van der Waals surface area (Å²) >= 11 is 0. The van der Waals surface area contributed by atoms with Crippen LogP contribution in [0.2, 0.25) is 0 Å². The van der Waals surface area contributed by atoms with Crippen LogP contribution < -0.4 is 5.32 Å². The number of nitrogens with zero attached hydrogens (tertiary/aromatic N) is 2. The van der Waals surface area contributed by atoms with E-state index in [1.165, 1.54) is 11.4 Å². The van der Waals surface area contributed by atoms with Crippen LogP contribution in [0.15, 0.2) is 28.9 Å². The molecule has 0 aromatic carbocycles. The number of aryl methyl sites for hydroxylation is 2. The van der Waals surface area contributed by atoms with Crippen LogP contribution in [0.5, 0.6) is 0 Å². The summed E-state index contributed by atoms with van der Waals surface area (Å²) in [6.45, 7) is 6.97. The minimum atomic E-state index is 0.863. The zero-order valence-electron chi connectivity index (χ0n) is 11.1. The van der Waals surface area contributed by atoms with Crippen molar-refractivity contribution in [1.82, 2.24) is 15.1 Å². The third-order valence-corrected chi connectivity index (χ3v) is 3.01. The van der Waals surface area contributed by atoms with Crippen LogP contribution in [-0.2, 0) is 25.9 Å². The largest absolute Gasteiger partial charge is 0.469 e. The minimum Gasteiger partial charge on any atom is -0.469 e. The Kier molecular flexibility index (Phi) is 4.59. The van der Waals surface area contributed by atoms with Gasteiger partial charge in [-0.25, -0.2) is 0 Å². The molecule has 0 saturated carbocycles. The van der Waals surface area contributed by atoms with Crippen molar-refractivity contribution in [2.45, 2.75) is 39.8 Å². The second-order valence-electron chi connectivity index (χ2n) is 4.30. The minimum absolute atomic E-state index is 0.863. The van der Waals surface area contributed by atoms with Gasteiger partial charge in [-0.2, -0.15) is 5.10 Å². The van der Waals surface area contributed by atoms with Gasteiger partial charge in [-0.15, -0.1) is 0 Å². The van der Waals surface area contributed by atoms with E-state index in [0.29, 0.717) is 0 Å². The van der Waals surface area contributed by atoms with E-state index in [9.17, 15) is 0 Å². The fraction of sp³-hybridized carbons (Fsp3) is 0.500. The maximum Gasteiger partial charge on any atom is 0.105 e. The number of nitrogens with one attached hydrogen (secondary N) is 1. The van der Waals surface area contributed by atoms with E-state index >= 15 is 0 Å². The van der Waals surface area contributed by atoms with Crippen LogP contribution in [0.4, 0.5) is 0 Å². The average molecular weight is 247 g/mol.